The number of anilines is 1. The summed E-state index contributed by atoms with van der Waals surface area (Å²) in [6.07, 6.45) is 6.30. The summed E-state index contributed by atoms with van der Waals surface area (Å²) in [4.78, 5) is 25.5. The zero-order valence-corrected chi connectivity index (χ0v) is 17.4. The summed E-state index contributed by atoms with van der Waals surface area (Å²) >= 11 is 1.71. The van der Waals surface area contributed by atoms with E-state index >= 15 is 0 Å². The molecule has 0 saturated carbocycles. The van der Waals surface area contributed by atoms with Crippen LogP contribution in [-0.2, 0) is 9.59 Å². The van der Waals surface area contributed by atoms with Crippen LogP contribution in [0.1, 0.15) is 41.7 Å². The third-order valence-electron chi connectivity index (χ3n) is 5.62. The number of hydrogen-bond donors (Lipinski definition) is 3. The number of aromatic amines is 1. The molecule has 3 aromatic rings. The molecule has 30 heavy (non-hydrogen) atoms. The second-order valence-corrected chi connectivity index (χ2v) is 8.63. The highest BCUT2D eigenvalue weighted by atomic mass is 32.1. The Bertz CT molecular complexity index is 1000. The van der Waals surface area contributed by atoms with Gasteiger partial charge in [0.1, 0.15) is 5.82 Å². The zero-order chi connectivity index (χ0) is 21.1. The number of nitrogens with one attached hydrogen (secondary N) is 2. The van der Waals surface area contributed by atoms with Crippen molar-refractivity contribution in [3.63, 3.8) is 0 Å². The molecule has 1 amide bonds. The molecule has 1 atom stereocenters. The molecule has 0 aliphatic carbocycles. The van der Waals surface area contributed by atoms with Crippen molar-refractivity contribution in [1.82, 2.24) is 24.9 Å². The van der Waals surface area contributed by atoms with Crippen molar-refractivity contribution >= 4 is 29.5 Å². The average molecular weight is 429 g/mol. The van der Waals surface area contributed by atoms with E-state index in [-0.39, 0.29) is 18.3 Å². The van der Waals surface area contributed by atoms with E-state index in [9.17, 15) is 4.79 Å². The third-order valence-corrected chi connectivity index (χ3v) is 6.85. The minimum absolute atomic E-state index is 0.0652. The van der Waals surface area contributed by atoms with E-state index in [1.165, 1.54) is 4.88 Å². The maximum atomic E-state index is 12.5. The number of hydrogen-bond acceptors (Lipinski definition) is 6. The van der Waals surface area contributed by atoms with Gasteiger partial charge in [-0.1, -0.05) is 0 Å². The Labute approximate surface area is 177 Å². The van der Waals surface area contributed by atoms with Crippen molar-refractivity contribution in [3.8, 4) is 10.6 Å². The molecular weight excluding hydrogens is 404 g/mol. The normalized spacial score (nSPS) is 19.5. The molecule has 0 aromatic carbocycles. The summed E-state index contributed by atoms with van der Waals surface area (Å²) in [6, 6.07) is 6.54. The molecular formula is C20H24N6O3S. The van der Waals surface area contributed by atoms with Crippen molar-refractivity contribution in [2.75, 3.05) is 25.5 Å². The number of rotatable bonds is 3. The Hall–Kier alpha value is -2.98. The van der Waals surface area contributed by atoms with Crippen LogP contribution in [0.3, 0.4) is 0 Å². The van der Waals surface area contributed by atoms with E-state index in [1.807, 2.05) is 12.3 Å². The van der Waals surface area contributed by atoms with Crippen molar-refractivity contribution in [2.45, 2.75) is 31.2 Å². The lowest BCUT2D eigenvalue weighted by Gasteiger charge is -2.31. The van der Waals surface area contributed by atoms with Crippen molar-refractivity contribution in [1.29, 1.82) is 0 Å². The number of nitrogens with zero attached hydrogens (tertiary/aromatic N) is 4. The fourth-order valence-corrected chi connectivity index (χ4v) is 5.19. The van der Waals surface area contributed by atoms with E-state index in [2.05, 4.69) is 49.4 Å². The lowest BCUT2D eigenvalue weighted by molar-refractivity contribution is -0.123. The van der Waals surface area contributed by atoms with Crippen LogP contribution in [-0.4, -0.2) is 62.5 Å². The molecule has 0 spiro atoms. The Kier molecular flexibility index (Phi) is 5.96. The van der Waals surface area contributed by atoms with Gasteiger partial charge < -0.3 is 15.3 Å². The molecule has 5 rings (SSSR count). The number of fused-ring (bicyclic) bond motifs is 1. The SMILES string of the molecule is CN1CCC(n2ncc3c2NC(=O)CC3c2ccc(-c3ccn[nH]3)s2)CC1.O=CO. The van der Waals surface area contributed by atoms with Crippen LogP contribution in [0.5, 0.6) is 0 Å². The van der Waals surface area contributed by atoms with Crippen LogP contribution in [0.25, 0.3) is 10.6 Å². The topological polar surface area (TPSA) is 116 Å². The van der Waals surface area contributed by atoms with Crippen LogP contribution in [0.15, 0.2) is 30.6 Å². The van der Waals surface area contributed by atoms with E-state index < -0.39 is 0 Å². The largest absolute Gasteiger partial charge is 0.483 e. The van der Waals surface area contributed by atoms with Crippen LogP contribution < -0.4 is 5.32 Å². The molecule has 0 radical (unpaired) electrons. The molecule has 3 aromatic heterocycles. The van der Waals surface area contributed by atoms with Crippen molar-refractivity contribution in [2.24, 2.45) is 0 Å². The van der Waals surface area contributed by atoms with Gasteiger partial charge in [-0.05, 0) is 51.2 Å². The van der Waals surface area contributed by atoms with Gasteiger partial charge in [0, 0.05) is 29.0 Å². The Morgan fingerprint density at radius 2 is 2.03 bits per heavy atom. The average Bonchev–Trinajstić information content (AvgIpc) is 3.49. The second kappa shape index (κ2) is 8.80. The predicted molar refractivity (Wildman–Crippen MR) is 114 cm³/mol. The fraction of sp³-hybridized carbons (Fsp3) is 0.400. The minimum Gasteiger partial charge on any atom is -0.483 e. The minimum atomic E-state index is -0.250. The molecule has 2 aliphatic rings. The Morgan fingerprint density at radius 1 is 1.27 bits per heavy atom. The Balaban J connectivity index is 0.000000687. The van der Waals surface area contributed by atoms with Gasteiger partial charge in [0.25, 0.3) is 6.47 Å². The standard InChI is InChI=1S/C19H22N6OS.CH2O2/c1-24-8-5-12(6-9-24)25-19-14(11-21-25)13(10-18(26)22-19)16-2-3-17(27-16)15-4-7-20-23-15;2-1-3/h2-4,7,11-13H,5-6,8-10H2,1H3,(H,20,23)(H,22,26);1H,(H,2,3). The highest BCUT2D eigenvalue weighted by molar-refractivity contribution is 7.15. The molecule has 3 N–H and O–H groups in total. The first kappa shape index (κ1) is 20.3. The predicted octanol–water partition coefficient (Wildman–Crippen LogP) is 2.78. The number of carbonyl (C=O) groups excluding carboxylic acids is 1. The summed E-state index contributed by atoms with van der Waals surface area (Å²) < 4.78 is 2.05. The van der Waals surface area contributed by atoms with E-state index in [1.54, 1.807) is 17.5 Å². The first-order valence-electron chi connectivity index (χ1n) is 9.83. The molecule has 0 bridgehead atoms. The van der Waals surface area contributed by atoms with Crippen LogP contribution in [0.4, 0.5) is 5.82 Å². The summed E-state index contributed by atoms with van der Waals surface area (Å²) in [5, 5.41) is 21.7. The van der Waals surface area contributed by atoms with Gasteiger partial charge in [-0.25, -0.2) is 4.68 Å². The number of likely N-dealkylation sites (tertiary alicyclic amines) is 1. The highest BCUT2D eigenvalue weighted by Crippen LogP contribution is 2.42. The fourth-order valence-electron chi connectivity index (χ4n) is 4.09. The van der Waals surface area contributed by atoms with Gasteiger partial charge in [0.05, 0.1) is 22.8 Å². The number of amides is 1. The van der Waals surface area contributed by atoms with E-state index in [0.29, 0.717) is 12.5 Å². The van der Waals surface area contributed by atoms with Crippen molar-refractivity contribution < 1.29 is 14.7 Å². The van der Waals surface area contributed by atoms with Gasteiger partial charge >= 0.3 is 0 Å². The monoisotopic (exact) mass is 428 g/mol. The number of thiophene rings is 1. The van der Waals surface area contributed by atoms with Crippen LogP contribution >= 0.6 is 11.3 Å². The number of piperidine rings is 1. The molecule has 1 unspecified atom stereocenters. The highest BCUT2D eigenvalue weighted by Gasteiger charge is 2.33. The number of carboxylic acid groups (broad SMARTS) is 1. The molecule has 5 heterocycles. The second-order valence-electron chi connectivity index (χ2n) is 7.51. The quantitative estimate of drug-likeness (QED) is 0.553. The number of H-pyrrole nitrogens is 1. The maximum absolute atomic E-state index is 12.5. The zero-order valence-electron chi connectivity index (χ0n) is 16.6. The van der Waals surface area contributed by atoms with Gasteiger partial charge in [0.2, 0.25) is 5.91 Å². The van der Waals surface area contributed by atoms with Gasteiger partial charge in [-0.3, -0.25) is 14.7 Å². The number of carbonyl (C=O) groups is 2. The first-order valence-corrected chi connectivity index (χ1v) is 10.7. The third kappa shape index (κ3) is 4.01. The van der Waals surface area contributed by atoms with E-state index in [0.717, 1.165) is 47.9 Å². The lowest BCUT2D eigenvalue weighted by atomic mass is 9.92. The van der Waals surface area contributed by atoms with Gasteiger partial charge in [-0.15, -0.1) is 11.3 Å². The van der Waals surface area contributed by atoms with Gasteiger partial charge in [-0.2, -0.15) is 10.2 Å². The van der Waals surface area contributed by atoms with Crippen LogP contribution in [0, 0.1) is 0 Å². The van der Waals surface area contributed by atoms with Crippen molar-refractivity contribution in [3.05, 3.63) is 41.0 Å². The van der Waals surface area contributed by atoms with Gasteiger partial charge in [0.15, 0.2) is 0 Å². The molecule has 1 fully saturated rings. The molecule has 10 heteroatoms. The first-order chi connectivity index (χ1) is 14.6. The lowest BCUT2D eigenvalue weighted by Crippen LogP contribution is -2.33. The van der Waals surface area contributed by atoms with E-state index in [4.69, 9.17) is 9.90 Å². The van der Waals surface area contributed by atoms with Crippen LogP contribution in [0.2, 0.25) is 0 Å². The summed E-state index contributed by atoms with van der Waals surface area (Å²) in [5.74, 6) is 1.02. The molecule has 158 valence electrons. The number of aromatic nitrogens is 4. The molecule has 1 saturated heterocycles. The summed E-state index contributed by atoms with van der Waals surface area (Å²) in [6.45, 7) is 1.88. The Morgan fingerprint density at radius 3 is 2.73 bits per heavy atom. The summed E-state index contributed by atoms with van der Waals surface area (Å²) in [7, 11) is 2.15. The maximum Gasteiger partial charge on any atom is 0.290 e. The smallest absolute Gasteiger partial charge is 0.290 e. The summed E-state index contributed by atoms with van der Waals surface area (Å²) in [5.41, 5.74) is 2.14. The molecule has 9 nitrogen and oxygen atoms in total. The molecule has 2 aliphatic heterocycles.